The number of guanidine groups is 1. The molecule has 0 amide bonds. The fourth-order valence-corrected chi connectivity index (χ4v) is 2.63. The average molecular weight is 334 g/mol. The number of hydrogen-bond donors (Lipinski definition) is 2. The van der Waals surface area contributed by atoms with Gasteiger partial charge in [-0.2, -0.15) is 0 Å². The number of aliphatic imine (C=N–C) groups is 1. The fraction of sp³-hybridized carbons (Fsp3) is 0.667. The summed E-state index contributed by atoms with van der Waals surface area (Å²) in [5.74, 6) is 1.46. The van der Waals surface area contributed by atoms with E-state index in [0.717, 1.165) is 50.5 Å². The van der Waals surface area contributed by atoms with E-state index < -0.39 is 0 Å². The number of ether oxygens (including phenoxy) is 2. The van der Waals surface area contributed by atoms with Crippen molar-refractivity contribution in [1.29, 1.82) is 0 Å². The summed E-state index contributed by atoms with van der Waals surface area (Å²) in [5, 5.41) is 6.67. The summed E-state index contributed by atoms with van der Waals surface area (Å²) in [6, 6.07) is 3.92. The predicted octanol–water partition coefficient (Wildman–Crippen LogP) is 2.49. The third-order valence-electron chi connectivity index (χ3n) is 3.97. The van der Waals surface area contributed by atoms with E-state index in [1.54, 1.807) is 6.20 Å². The highest BCUT2D eigenvalue weighted by Crippen LogP contribution is 2.23. The van der Waals surface area contributed by atoms with Crippen LogP contribution in [-0.4, -0.2) is 42.8 Å². The molecule has 6 nitrogen and oxygen atoms in total. The Hall–Kier alpha value is -1.82. The highest BCUT2D eigenvalue weighted by atomic mass is 16.5. The molecule has 1 aromatic heterocycles. The van der Waals surface area contributed by atoms with E-state index in [4.69, 9.17) is 9.47 Å². The van der Waals surface area contributed by atoms with Gasteiger partial charge in [-0.15, -0.1) is 0 Å². The SMILES string of the molecule is CCCOc1ncccc1CN=C(NCC)NCC1(C)CCCO1. The maximum absolute atomic E-state index is 5.82. The molecule has 0 aromatic carbocycles. The summed E-state index contributed by atoms with van der Waals surface area (Å²) >= 11 is 0. The number of pyridine rings is 1. The van der Waals surface area contributed by atoms with Crippen molar-refractivity contribution in [2.75, 3.05) is 26.3 Å². The van der Waals surface area contributed by atoms with E-state index in [9.17, 15) is 0 Å². The van der Waals surface area contributed by atoms with E-state index in [0.29, 0.717) is 19.0 Å². The van der Waals surface area contributed by atoms with E-state index in [1.807, 2.05) is 12.1 Å². The maximum Gasteiger partial charge on any atom is 0.218 e. The molecule has 0 saturated carbocycles. The molecule has 1 saturated heterocycles. The molecule has 0 bridgehead atoms. The summed E-state index contributed by atoms with van der Waals surface area (Å²) in [7, 11) is 0. The van der Waals surface area contributed by atoms with Gasteiger partial charge in [0, 0.05) is 31.5 Å². The van der Waals surface area contributed by atoms with Crippen LogP contribution >= 0.6 is 0 Å². The van der Waals surface area contributed by atoms with Gasteiger partial charge in [0.2, 0.25) is 5.88 Å². The quantitative estimate of drug-likeness (QED) is 0.565. The summed E-state index contributed by atoms with van der Waals surface area (Å²) in [6.45, 7) is 9.90. The first kappa shape index (κ1) is 18.5. The van der Waals surface area contributed by atoms with Crippen LogP contribution in [0.25, 0.3) is 0 Å². The summed E-state index contributed by atoms with van der Waals surface area (Å²) in [6.07, 6.45) is 4.92. The molecule has 2 heterocycles. The second-order valence-corrected chi connectivity index (χ2v) is 6.27. The molecule has 24 heavy (non-hydrogen) atoms. The van der Waals surface area contributed by atoms with Crippen LogP contribution in [0, 0.1) is 0 Å². The minimum atomic E-state index is -0.0973. The lowest BCUT2D eigenvalue weighted by Gasteiger charge is -2.24. The zero-order valence-corrected chi connectivity index (χ0v) is 15.1. The summed E-state index contributed by atoms with van der Waals surface area (Å²) in [4.78, 5) is 8.97. The Kier molecular flexibility index (Phi) is 7.31. The molecule has 2 N–H and O–H groups in total. The molecule has 0 radical (unpaired) electrons. The van der Waals surface area contributed by atoms with Crippen LogP contribution in [0.1, 0.15) is 45.6 Å². The van der Waals surface area contributed by atoms with Gasteiger partial charge in [0.1, 0.15) is 0 Å². The highest BCUT2D eigenvalue weighted by Gasteiger charge is 2.29. The van der Waals surface area contributed by atoms with Gasteiger partial charge in [-0.1, -0.05) is 13.0 Å². The van der Waals surface area contributed by atoms with Crippen LogP contribution in [0.3, 0.4) is 0 Å². The minimum absolute atomic E-state index is 0.0973. The lowest BCUT2D eigenvalue weighted by molar-refractivity contribution is 0.0243. The molecule has 134 valence electrons. The zero-order valence-electron chi connectivity index (χ0n) is 15.1. The topological polar surface area (TPSA) is 67.8 Å². The standard InChI is InChI=1S/C18H30N4O2/c1-4-11-23-16-15(8-6-10-20-16)13-21-17(19-5-2)22-14-18(3)9-7-12-24-18/h6,8,10H,4-5,7,9,11-14H2,1-3H3,(H2,19,21,22). The molecule has 1 aliphatic heterocycles. The zero-order chi connectivity index (χ0) is 17.3. The largest absolute Gasteiger partial charge is 0.477 e. The fourth-order valence-electron chi connectivity index (χ4n) is 2.63. The molecule has 6 heteroatoms. The molecule has 1 aliphatic rings. The number of nitrogens with one attached hydrogen (secondary N) is 2. The highest BCUT2D eigenvalue weighted by molar-refractivity contribution is 5.79. The van der Waals surface area contributed by atoms with Crippen molar-refractivity contribution in [3.8, 4) is 5.88 Å². The smallest absolute Gasteiger partial charge is 0.218 e. The lowest BCUT2D eigenvalue weighted by atomic mass is 10.0. The van der Waals surface area contributed by atoms with E-state index >= 15 is 0 Å². The van der Waals surface area contributed by atoms with E-state index in [1.165, 1.54) is 0 Å². The number of rotatable bonds is 8. The van der Waals surface area contributed by atoms with Crippen LogP contribution in [0.4, 0.5) is 0 Å². The van der Waals surface area contributed by atoms with Crippen LogP contribution in [-0.2, 0) is 11.3 Å². The lowest BCUT2D eigenvalue weighted by Crippen LogP contribution is -2.45. The van der Waals surface area contributed by atoms with E-state index in [-0.39, 0.29) is 5.60 Å². The Morgan fingerprint density at radius 2 is 2.29 bits per heavy atom. The average Bonchev–Trinajstić information content (AvgIpc) is 3.03. The van der Waals surface area contributed by atoms with Gasteiger partial charge in [-0.3, -0.25) is 0 Å². The normalized spacial score (nSPS) is 20.9. The van der Waals surface area contributed by atoms with Crippen LogP contribution in [0.2, 0.25) is 0 Å². The van der Waals surface area contributed by atoms with Gasteiger partial charge in [0.15, 0.2) is 5.96 Å². The Morgan fingerprint density at radius 1 is 1.42 bits per heavy atom. The Bertz CT molecular complexity index is 528. The third kappa shape index (κ3) is 5.67. The van der Waals surface area contributed by atoms with Crippen molar-refractivity contribution in [3.63, 3.8) is 0 Å². The molecular formula is C18H30N4O2. The monoisotopic (exact) mass is 334 g/mol. The molecule has 0 aliphatic carbocycles. The first-order valence-corrected chi connectivity index (χ1v) is 8.89. The van der Waals surface area contributed by atoms with Crippen molar-refractivity contribution < 1.29 is 9.47 Å². The molecule has 1 aromatic rings. The minimum Gasteiger partial charge on any atom is -0.477 e. The predicted molar refractivity (Wildman–Crippen MR) is 96.4 cm³/mol. The van der Waals surface area contributed by atoms with Crippen molar-refractivity contribution in [1.82, 2.24) is 15.6 Å². The Labute approximate surface area is 145 Å². The van der Waals surface area contributed by atoms with Gasteiger partial charge in [0.05, 0.1) is 18.8 Å². The summed E-state index contributed by atoms with van der Waals surface area (Å²) in [5.41, 5.74) is 0.895. The van der Waals surface area contributed by atoms with Crippen LogP contribution in [0.15, 0.2) is 23.3 Å². The molecule has 0 spiro atoms. The van der Waals surface area contributed by atoms with Gasteiger partial charge >= 0.3 is 0 Å². The first-order chi connectivity index (χ1) is 11.7. The van der Waals surface area contributed by atoms with Crippen molar-refractivity contribution >= 4 is 5.96 Å². The maximum atomic E-state index is 5.82. The Morgan fingerprint density at radius 3 is 3.00 bits per heavy atom. The number of hydrogen-bond acceptors (Lipinski definition) is 4. The van der Waals surface area contributed by atoms with Crippen LogP contribution in [0.5, 0.6) is 5.88 Å². The van der Waals surface area contributed by atoms with Gasteiger partial charge in [0.25, 0.3) is 0 Å². The number of aromatic nitrogens is 1. The molecule has 2 rings (SSSR count). The van der Waals surface area contributed by atoms with Crippen molar-refractivity contribution in [3.05, 3.63) is 23.9 Å². The molecule has 1 fully saturated rings. The van der Waals surface area contributed by atoms with Crippen molar-refractivity contribution in [2.24, 2.45) is 4.99 Å². The van der Waals surface area contributed by atoms with Gasteiger partial charge in [-0.05, 0) is 39.2 Å². The van der Waals surface area contributed by atoms with Gasteiger partial charge < -0.3 is 20.1 Å². The molecule has 1 unspecified atom stereocenters. The first-order valence-electron chi connectivity index (χ1n) is 8.89. The van der Waals surface area contributed by atoms with Crippen molar-refractivity contribution in [2.45, 2.75) is 52.2 Å². The number of nitrogens with zero attached hydrogens (tertiary/aromatic N) is 2. The summed E-state index contributed by atoms with van der Waals surface area (Å²) < 4.78 is 11.5. The van der Waals surface area contributed by atoms with Gasteiger partial charge in [-0.25, -0.2) is 9.98 Å². The van der Waals surface area contributed by atoms with E-state index in [2.05, 4.69) is 41.4 Å². The van der Waals surface area contributed by atoms with Crippen LogP contribution < -0.4 is 15.4 Å². The Balaban J connectivity index is 1.97. The second-order valence-electron chi connectivity index (χ2n) is 6.27. The third-order valence-corrected chi connectivity index (χ3v) is 3.97. The second kappa shape index (κ2) is 9.47. The molecule has 1 atom stereocenters. The molecular weight excluding hydrogens is 304 g/mol.